The maximum Gasteiger partial charge on any atom is 0.330 e. The zero-order valence-electron chi connectivity index (χ0n) is 20.6. The van der Waals surface area contributed by atoms with Gasteiger partial charge in [0.15, 0.2) is 0 Å². The van der Waals surface area contributed by atoms with Crippen molar-refractivity contribution >= 4 is 35.3 Å². The monoisotopic (exact) mass is 495 g/mol. The van der Waals surface area contributed by atoms with Crippen molar-refractivity contribution in [3.05, 3.63) is 41.6 Å². The first kappa shape index (κ1) is 24.8. The van der Waals surface area contributed by atoms with Crippen LogP contribution in [0.2, 0.25) is 0 Å². The van der Waals surface area contributed by atoms with Crippen LogP contribution in [0.3, 0.4) is 0 Å². The van der Waals surface area contributed by atoms with Gasteiger partial charge in [-0.3, -0.25) is 19.4 Å². The molecule has 2 atom stereocenters. The molecule has 2 aliphatic rings. The van der Waals surface area contributed by atoms with Crippen LogP contribution < -0.4 is 30.5 Å². The van der Waals surface area contributed by atoms with Crippen molar-refractivity contribution in [1.29, 1.82) is 0 Å². The fourth-order valence-corrected chi connectivity index (χ4v) is 4.52. The number of amides is 4. The van der Waals surface area contributed by atoms with Crippen LogP contribution in [-0.2, 0) is 16.1 Å². The molecule has 0 bridgehead atoms. The number of phenolic OH excluding ortho intramolecular Hbond substituents is 1. The number of ether oxygens (including phenoxy) is 1. The van der Waals surface area contributed by atoms with Crippen molar-refractivity contribution in [2.24, 2.45) is 0 Å². The number of hydrogen-bond donors (Lipinski definition) is 4. The summed E-state index contributed by atoms with van der Waals surface area (Å²) in [5.41, 5.74) is 2.56. The molecule has 0 aliphatic carbocycles. The Morgan fingerprint density at radius 3 is 2.75 bits per heavy atom. The van der Waals surface area contributed by atoms with Crippen LogP contribution in [0.4, 0.5) is 22.2 Å². The minimum atomic E-state index is -0.481. The Morgan fingerprint density at radius 1 is 1.31 bits per heavy atom. The number of aromatic nitrogens is 2. The number of carbonyl (C=O) groups is 3. The summed E-state index contributed by atoms with van der Waals surface area (Å²) >= 11 is 0. The van der Waals surface area contributed by atoms with Crippen molar-refractivity contribution in [1.82, 2.24) is 20.6 Å². The van der Waals surface area contributed by atoms with Gasteiger partial charge in [-0.15, -0.1) is 0 Å². The van der Waals surface area contributed by atoms with E-state index in [-0.39, 0.29) is 55.1 Å². The highest BCUT2D eigenvalue weighted by molar-refractivity contribution is 6.06. The maximum absolute atomic E-state index is 13.4. The van der Waals surface area contributed by atoms with Gasteiger partial charge in [0.25, 0.3) is 0 Å². The molecular weight excluding hydrogens is 466 g/mol. The summed E-state index contributed by atoms with van der Waals surface area (Å²) in [6.07, 6.45) is 2.88. The average molecular weight is 496 g/mol. The van der Waals surface area contributed by atoms with Gasteiger partial charge in [0.1, 0.15) is 17.3 Å². The number of benzene rings is 1. The van der Waals surface area contributed by atoms with E-state index in [1.807, 2.05) is 6.92 Å². The lowest BCUT2D eigenvalue weighted by atomic mass is 10.00. The molecule has 1 fully saturated rings. The van der Waals surface area contributed by atoms with E-state index in [0.717, 1.165) is 11.6 Å². The van der Waals surface area contributed by atoms with Crippen LogP contribution in [0.5, 0.6) is 11.5 Å². The smallest absolute Gasteiger partial charge is 0.330 e. The third kappa shape index (κ3) is 4.49. The first-order valence-electron chi connectivity index (χ1n) is 11.4. The molecule has 2 aliphatic heterocycles. The van der Waals surface area contributed by atoms with Crippen LogP contribution in [0, 0.1) is 13.8 Å². The number of urea groups is 1. The first-order chi connectivity index (χ1) is 17.1. The van der Waals surface area contributed by atoms with E-state index in [0.29, 0.717) is 28.4 Å². The number of aromatic hydroxyl groups is 1. The van der Waals surface area contributed by atoms with E-state index in [4.69, 9.17) is 4.74 Å². The molecule has 36 heavy (non-hydrogen) atoms. The van der Waals surface area contributed by atoms with E-state index in [2.05, 4.69) is 32.5 Å². The Balaban J connectivity index is 1.62. The number of anilines is 3. The molecule has 1 aromatic carbocycles. The molecule has 2 aromatic rings. The minimum absolute atomic E-state index is 0.0298. The predicted octanol–water partition coefficient (Wildman–Crippen LogP) is 1.36. The zero-order valence-corrected chi connectivity index (χ0v) is 20.6. The van der Waals surface area contributed by atoms with Gasteiger partial charge in [-0.2, -0.15) is 4.98 Å². The largest absolute Gasteiger partial charge is 0.507 e. The van der Waals surface area contributed by atoms with E-state index in [9.17, 15) is 19.5 Å². The maximum atomic E-state index is 13.4. The number of fused-ring (bicyclic) bond motifs is 1. The van der Waals surface area contributed by atoms with Crippen molar-refractivity contribution in [2.45, 2.75) is 38.9 Å². The quantitative estimate of drug-likeness (QED) is 0.439. The normalized spacial score (nSPS) is 19.3. The van der Waals surface area contributed by atoms with Crippen molar-refractivity contribution in [2.75, 3.05) is 35.8 Å². The van der Waals surface area contributed by atoms with Crippen LogP contribution in [0.1, 0.15) is 23.1 Å². The highest BCUT2D eigenvalue weighted by Gasteiger charge is 2.35. The van der Waals surface area contributed by atoms with Gasteiger partial charge in [0, 0.05) is 49.0 Å². The van der Waals surface area contributed by atoms with Gasteiger partial charge in [0.05, 0.1) is 31.4 Å². The molecule has 4 amide bonds. The molecule has 0 saturated carbocycles. The predicted molar refractivity (Wildman–Crippen MR) is 133 cm³/mol. The molecule has 12 nitrogen and oxygen atoms in total. The van der Waals surface area contributed by atoms with Crippen molar-refractivity contribution < 1.29 is 24.2 Å². The number of piperidine rings is 1. The summed E-state index contributed by atoms with van der Waals surface area (Å²) in [6.45, 7) is 7.49. The highest BCUT2D eigenvalue weighted by atomic mass is 16.5. The SMILES string of the molecule is C=CC(=O)NC1CC(=O)NCC1Nc1ncc2c(n1)N(C)C(=O)N(c1c(C)c(O)cc(OC)c1C)C2. The summed E-state index contributed by atoms with van der Waals surface area (Å²) < 4.78 is 5.38. The lowest BCUT2D eigenvalue weighted by Crippen LogP contribution is -2.57. The average Bonchev–Trinajstić information content (AvgIpc) is 2.86. The molecule has 1 saturated heterocycles. The van der Waals surface area contributed by atoms with Gasteiger partial charge < -0.3 is 25.8 Å². The fraction of sp³-hybridized carbons (Fsp3) is 0.375. The zero-order chi connectivity index (χ0) is 26.1. The Labute approximate surface area is 208 Å². The number of carbonyl (C=O) groups excluding carboxylic acids is 3. The number of nitrogens with one attached hydrogen (secondary N) is 3. The summed E-state index contributed by atoms with van der Waals surface area (Å²) in [7, 11) is 3.12. The number of hydrogen-bond acceptors (Lipinski definition) is 8. The van der Waals surface area contributed by atoms with Crippen molar-refractivity contribution in [3.8, 4) is 11.5 Å². The van der Waals surface area contributed by atoms with E-state index in [1.165, 1.54) is 18.1 Å². The second-order valence-electron chi connectivity index (χ2n) is 8.74. The van der Waals surface area contributed by atoms with Gasteiger partial charge in [-0.05, 0) is 19.9 Å². The van der Waals surface area contributed by atoms with Gasteiger partial charge in [-0.1, -0.05) is 6.58 Å². The molecule has 190 valence electrons. The minimum Gasteiger partial charge on any atom is -0.507 e. The Kier molecular flexibility index (Phi) is 6.69. The van der Waals surface area contributed by atoms with Gasteiger partial charge >= 0.3 is 6.03 Å². The van der Waals surface area contributed by atoms with Gasteiger partial charge in [0.2, 0.25) is 17.8 Å². The Morgan fingerprint density at radius 2 is 2.06 bits per heavy atom. The molecule has 3 heterocycles. The van der Waals surface area contributed by atoms with Gasteiger partial charge in [-0.25, -0.2) is 9.78 Å². The molecular formula is C24H29N7O5. The molecule has 4 rings (SSSR count). The van der Waals surface area contributed by atoms with E-state index >= 15 is 0 Å². The van der Waals surface area contributed by atoms with Crippen LogP contribution in [-0.4, -0.2) is 65.7 Å². The lowest BCUT2D eigenvalue weighted by Gasteiger charge is -2.36. The van der Waals surface area contributed by atoms with Crippen LogP contribution >= 0.6 is 0 Å². The third-order valence-electron chi connectivity index (χ3n) is 6.47. The number of nitrogens with zero attached hydrogens (tertiary/aromatic N) is 4. The molecule has 1 aromatic heterocycles. The van der Waals surface area contributed by atoms with Crippen LogP contribution in [0.15, 0.2) is 24.9 Å². The summed E-state index contributed by atoms with van der Waals surface area (Å²) in [5, 5.41) is 19.1. The molecule has 4 N–H and O–H groups in total. The highest BCUT2D eigenvalue weighted by Crippen LogP contribution is 2.41. The molecule has 0 radical (unpaired) electrons. The number of phenols is 1. The van der Waals surface area contributed by atoms with Crippen molar-refractivity contribution in [3.63, 3.8) is 0 Å². The first-order valence-corrected chi connectivity index (χ1v) is 11.4. The standard InChI is InChI=1S/C24H29N7O5/c1-6-19(33)27-15-7-20(34)25-10-16(15)28-23-26-9-14-11-31(24(35)30(4)22(14)29-23)21-12(2)17(32)8-18(36-5)13(21)3/h6,8-9,15-16,32H,1,7,10-11H2,2-5H3,(H,25,34)(H,27,33)(H,26,28,29). The van der Waals surface area contributed by atoms with Crippen LogP contribution in [0.25, 0.3) is 0 Å². The Bertz CT molecular complexity index is 1250. The summed E-state index contributed by atoms with van der Waals surface area (Å²) in [4.78, 5) is 49.0. The molecule has 12 heteroatoms. The topological polar surface area (TPSA) is 149 Å². The lowest BCUT2D eigenvalue weighted by molar-refractivity contribution is -0.123. The molecule has 2 unspecified atom stereocenters. The third-order valence-corrected chi connectivity index (χ3v) is 6.47. The fourth-order valence-electron chi connectivity index (χ4n) is 4.52. The Hall–Kier alpha value is -4.35. The summed E-state index contributed by atoms with van der Waals surface area (Å²) in [5.74, 6) is 0.640. The second kappa shape index (κ2) is 9.72. The number of rotatable bonds is 6. The number of methoxy groups -OCH3 is 1. The second-order valence-corrected chi connectivity index (χ2v) is 8.74. The molecule has 0 spiro atoms. The summed E-state index contributed by atoms with van der Waals surface area (Å²) in [6, 6.07) is 0.355. The van der Waals surface area contributed by atoms with E-state index < -0.39 is 6.04 Å². The van der Waals surface area contributed by atoms with E-state index in [1.54, 1.807) is 25.1 Å².